The Morgan fingerprint density at radius 1 is 1.31 bits per heavy atom. The Morgan fingerprint density at radius 2 is 2.12 bits per heavy atom. The minimum atomic E-state index is 0.0560. The van der Waals surface area contributed by atoms with Gasteiger partial charge >= 0.3 is 0 Å². The predicted molar refractivity (Wildman–Crippen MR) is 70.4 cm³/mol. The summed E-state index contributed by atoms with van der Waals surface area (Å²) >= 11 is 2.99. The maximum Gasteiger partial charge on any atom is 0.189 e. The molecule has 2 N–H and O–H groups in total. The Bertz CT molecular complexity index is 758. The molecule has 0 aliphatic carbocycles. The summed E-state index contributed by atoms with van der Waals surface area (Å²) in [6, 6.07) is 5.53. The first-order valence-electron chi connectivity index (χ1n) is 4.74. The maximum atomic E-state index is 12.0. The normalized spacial score (nSPS) is 11.3. The van der Waals surface area contributed by atoms with Gasteiger partial charge in [-0.25, -0.2) is 4.98 Å². The van der Waals surface area contributed by atoms with E-state index in [0.29, 0.717) is 5.13 Å². The molecule has 0 saturated heterocycles. The molecule has 3 aromatic rings. The zero-order valence-corrected chi connectivity index (χ0v) is 10.1. The van der Waals surface area contributed by atoms with E-state index in [1.165, 1.54) is 11.3 Å². The standard InChI is InChI=1S/C11H8N2OS2/c1-5-4-7(14)9-8(15-5)3-2-6-10(9)16-11(12)13-6/h2-4H,1H3,(H2,12,13). The molecule has 2 heterocycles. The Labute approximate surface area is 99.2 Å². The van der Waals surface area contributed by atoms with E-state index in [2.05, 4.69) is 4.98 Å². The number of aromatic nitrogens is 1. The lowest BCUT2D eigenvalue weighted by molar-refractivity contribution is 1.50. The van der Waals surface area contributed by atoms with E-state index in [1.54, 1.807) is 17.4 Å². The lowest BCUT2D eigenvalue weighted by Gasteiger charge is -1.97. The topological polar surface area (TPSA) is 56.0 Å². The molecule has 0 spiro atoms. The fourth-order valence-electron chi connectivity index (χ4n) is 1.77. The Morgan fingerprint density at radius 3 is 2.94 bits per heavy atom. The zero-order chi connectivity index (χ0) is 11.3. The van der Waals surface area contributed by atoms with Crippen molar-refractivity contribution >= 4 is 48.1 Å². The molecule has 0 radical (unpaired) electrons. The summed E-state index contributed by atoms with van der Waals surface area (Å²) in [6.45, 7) is 1.94. The second-order valence-electron chi connectivity index (χ2n) is 3.56. The summed E-state index contributed by atoms with van der Waals surface area (Å²) in [5.41, 5.74) is 6.53. The Hall–Kier alpha value is -1.46. The fourth-order valence-corrected chi connectivity index (χ4v) is 3.67. The molecule has 3 rings (SSSR count). The molecule has 16 heavy (non-hydrogen) atoms. The minimum absolute atomic E-state index is 0.0560. The van der Waals surface area contributed by atoms with Crippen LogP contribution in [0.1, 0.15) is 4.88 Å². The number of nitrogens with two attached hydrogens (primary N) is 1. The van der Waals surface area contributed by atoms with Gasteiger partial charge < -0.3 is 5.73 Å². The molecule has 1 aromatic carbocycles. The van der Waals surface area contributed by atoms with E-state index in [4.69, 9.17) is 5.73 Å². The van der Waals surface area contributed by atoms with Crippen LogP contribution < -0.4 is 11.2 Å². The van der Waals surface area contributed by atoms with Gasteiger partial charge in [0.2, 0.25) is 0 Å². The molecule has 2 aromatic heterocycles. The van der Waals surface area contributed by atoms with Gasteiger partial charge in [0.1, 0.15) is 0 Å². The number of aryl methyl sites for hydroxylation is 1. The number of thiazole rings is 1. The number of hydrogen-bond donors (Lipinski definition) is 1. The highest BCUT2D eigenvalue weighted by Crippen LogP contribution is 2.31. The van der Waals surface area contributed by atoms with Crippen LogP contribution in [0.3, 0.4) is 0 Å². The summed E-state index contributed by atoms with van der Waals surface area (Å²) in [7, 11) is 0. The van der Waals surface area contributed by atoms with E-state index in [1.807, 2.05) is 19.1 Å². The third kappa shape index (κ3) is 1.32. The lowest BCUT2D eigenvalue weighted by Crippen LogP contribution is -1.98. The van der Waals surface area contributed by atoms with Gasteiger partial charge in [0.25, 0.3) is 0 Å². The summed E-state index contributed by atoms with van der Waals surface area (Å²) in [5, 5.41) is 1.26. The quantitative estimate of drug-likeness (QED) is 0.665. The van der Waals surface area contributed by atoms with E-state index >= 15 is 0 Å². The van der Waals surface area contributed by atoms with Gasteiger partial charge in [-0.2, -0.15) is 0 Å². The summed E-state index contributed by atoms with van der Waals surface area (Å²) in [6.07, 6.45) is 0. The van der Waals surface area contributed by atoms with Crippen LogP contribution in [0.25, 0.3) is 20.3 Å². The highest BCUT2D eigenvalue weighted by atomic mass is 32.1. The van der Waals surface area contributed by atoms with Crippen molar-refractivity contribution in [1.29, 1.82) is 0 Å². The van der Waals surface area contributed by atoms with Gasteiger partial charge in [-0.15, -0.1) is 11.3 Å². The maximum absolute atomic E-state index is 12.0. The Kier molecular flexibility index (Phi) is 1.99. The molecule has 0 atom stereocenters. The van der Waals surface area contributed by atoms with Gasteiger partial charge in [0.15, 0.2) is 10.6 Å². The molecular weight excluding hydrogens is 240 g/mol. The third-order valence-electron chi connectivity index (χ3n) is 2.39. The van der Waals surface area contributed by atoms with E-state index < -0.39 is 0 Å². The highest BCUT2D eigenvalue weighted by molar-refractivity contribution is 7.24. The first kappa shape index (κ1) is 9.74. The second-order valence-corrected chi connectivity index (χ2v) is 5.88. The van der Waals surface area contributed by atoms with Crippen molar-refractivity contribution in [2.75, 3.05) is 5.73 Å². The van der Waals surface area contributed by atoms with E-state index in [-0.39, 0.29) is 5.43 Å². The van der Waals surface area contributed by atoms with Gasteiger partial charge in [-0.1, -0.05) is 11.3 Å². The summed E-state index contributed by atoms with van der Waals surface area (Å²) in [4.78, 5) is 17.2. The molecule has 0 bridgehead atoms. The number of fused-ring (bicyclic) bond motifs is 3. The fraction of sp³-hybridized carbons (Fsp3) is 0.0909. The second kappa shape index (κ2) is 3.26. The number of benzene rings is 1. The lowest BCUT2D eigenvalue weighted by atomic mass is 10.2. The van der Waals surface area contributed by atoms with Crippen LogP contribution in [-0.2, 0) is 0 Å². The van der Waals surface area contributed by atoms with Crippen molar-refractivity contribution in [3.8, 4) is 0 Å². The van der Waals surface area contributed by atoms with Gasteiger partial charge in [-0.3, -0.25) is 4.79 Å². The largest absolute Gasteiger partial charge is 0.375 e. The van der Waals surface area contributed by atoms with Crippen molar-refractivity contribution in [3.63, 3.8) is 0 Å². The molecule has 80 valence electrons. The SMILES string of the molecule is Cc1cc(=O)c2c(ccc3nc(N)sc32)s1. The van der Waals surface area contributed by atoms with Crippen LogP contribution in [0.15, 0.2) is 23.0 Å². The molecule has 0 aliphatic rings. The molecule has 0 amide bonds. The predicted octanol–water partition coefficient (Wildman–Crippen LogP) is 2.76. The number of nitrogen functional groups attached to an aromatic ring is 1. The van der Waals surface area contributed by atoms with Crippen molar-refractivity contribution in [2.24, 2.45) is 0 Å². The van der Waals surface area contributed by atoms with E-state index in [0.717, 1.165) is 25.2 Å². The monoisotopic (exact) mass is 248 g/mol. The number of hydrogen-bond acceptors (Lipinski definition) is 5. The van der Waals surface area contributed by atoms with Gasteiger partial charge in [0.05, 0.1) is 15.6 Å². The highest BCUT2D eigenvalue weighted by Gasteiger charge is 2.09. The van der Waals surface area contributed by atoms with Crippen molar-refractivity contribution in [1.82, 2.24) is 4.98 Å². The molecular formula is C11H8N2OS2. The summed E-state index contributed by atoms with van der Waals surface area (Å²) < 4.78 is 1.90. The minimum Gasteiger partial charge on any atom is -0.375 e. The molecule has 0 saturated carbocycles. The first-order valence-corrected chi connectivity index (χ1v) is 6.38. The van der Waals surface area contributed by atoms with E-state index in [9.17, 15) is 4.79 Å². The number of rotatable bonds is 0. The number of anilines is 1. The van der Waals surface area contributed by atoms with Crippen LogP contribution in [-0.4, -0.2) is 4.98 Å². The average molecular weight is 248 g/mol. The van der Waals surface area contributed by atoms with Gasteiger partial charge in [0, 0.05) is 9.58 Å². The summed E-state index contributed by atoms with van der Waals surface area (Å²) in [5.74, 6) is 0. The van der Waals surface area contributed by atoms with Crippen molar-refractivity contribution in [2.45, 2.75) is 6.92 Å². The van der Waals surface area contributed by atoms with Gasteiger partial charge in [-0.05, 0) is 25.1 Å². The zero-order valence-electron chi connectivity index (χ0n) is 8.48. The van der Waals surface area contributed by atoms with Crippen LogP contribution in [0.2, 0.25) is 0 Å². The van der Waals surface area contributed by atoms with Crippen LogP contribution >= 0.6 is 22.7 Å². The number of nitrogens with zero attached hydrogens (tertiary/aromatic N) is 1. The Balaban J connectivity index is 2.64. The van der Waals surface area contributed by atoms with Crippen molar-refractivity contribution < 1.29 is 0 Å². The molecule has 0 aliphatic heterocycles. The van der Waals surface area contributed by atoms with Crippen LogP contribution in [0, 0.1) is 6.92 Å². The first-order chi connectivity index (χ1) is 7.65. The molecule has 5 heteroatoms. The van der Waals surface area contributed by atoms with Crippen LogP contribution in [0.5, 0.6) is 0 Å². The van der Waals surface area contributed by atoms with Crippen LogP contribution in [0.4, 0.5) is 5.13 Å². The third-order valence-corrected chi connectivity index (χ3v) is 4.31. The average Bonchev–Trinajstić information content (AvgIpc) is 2.56. The molecule has 0 fully saturated rings. The molecule has 3 nitrogen and oxygen atoms in total. The molecule has 0 unspecified atom stereocenters. The van der Waals surface area contributed by atoms with Crippen molar-refractivity contribution in [3.05, 3.63) is 33.3 Å². The smallest absolute Gasteiger partial charge is 0.189 e.